The Bertz CT molecular complexity index is 292. The van der Waals surface area contributed by atoms with Crippen LogP contribution in [0.2, 0.25) is 0 Å². The Balaban J connectivity index is 2.15. The molecule has 0 radical (unpaired) electrons. The molecule has 2 heteroatoms. The quantitative estimate of drug-likeness (QED) is 0.770. The molecule has 0 bridgehead atoms. The second-order valence-corrected chi connectivity index (χ2v) is 4.36. The van der Waals surface area contributed by atoms with Gasteiger partial charge in [0.15, 0.2) is 0 Å². The zero-order valence-corrected chi connectivity index (χ0v) is 8.47. The van der Waals surface area contributed by atoms with Crippen molar-refractivity contribution in [1.29, 1.82) is 0 Å². The fourth-order valence-electron chi connectivity index (χ4n) is 1.38. The van der Waals surface area contributed by atoms with Crippen molar-refractivity contribution in [3.63, 3.8) is 0 Å². The molecule has 1 saturated carbocycles. The lowest BCUT2D eigenvalue weighted by Crippen LogP contribution is -1.91. The number of nitrogens with two attached hydrogens (primary N) is 1. The zero-order chi connectivity index (χ0) is 8.55. The number of nitrogen functional groups attached to an aromatic ring is 1. The van der Waals surface area contributed by atoms with Crippen molar-refractivity contribution in [2.45, 2.75) is 19.3 Å². The summed E-state index contributed by atoms with van der Waals surface area (Å²) in [6.07, 6.45) is 4.00. The number of halogens is 1. The van der Waals surface area contributed by atoms with E-state index in [1.807, 2.05) is 6.07 Å². The van der Waals surface area contributed by atoms with E-state index in [2.05, 4.69) is 28.1 Å². The van der Waals surface area contributed by atoms with E-state index in [1.54, 1.807) is 0 Å². The van der Waals surface area contributed by atoms with Gasteiger partial charge in [0.2, 0.25) is 0 Å². The Hall–Kier alpha value is -0.500. The van der Waals surface area contributed by atoms with E-state index in [4.69, 9.17) is 5.73 Å². The van der Waals surface area contributed by atoms with E-state index >= 15 is 0 Å². The van der Waals surface area contributed by atoms with Gasteiger partial charge in [0.25, 0.3) is 0 Å². The van der Waals surface area contributed by atoms with Crippen LogP contribution in [0.3, 0.4) is 0 Å². The minimum atomic E-state index is 0.855. The molecule has 0 atom stereocenters. The minimum absolute atomic E-state index is 0.855. The summed E-state index contributed by atoms with van der Waals surface area (Å²) in [7, 11) is 0. The van der Waals surface area contributed by atoms with Crippen molar-refractivity contribution in [3.05, 3.63) is 28.2 Å². The average Bonchev–Trinajstić information content (AvgIpc) is 2.81. The van der Waals surface area contributed by atoms with Gasteiger partial charge in [-0.25, -0.2) is 0 Å². The average molecular weight is 226 g/mol. The molecule has 0 spiro atoms. The number of rotatable bonds is 2. The smallest absolute Gasteiger partial charge is 0.0461 e. The fourth-order valence-corrected chi connectivity index (χ4v) is 1.62. The van der Waals surface area contributed by atoms with Gasteiger partial charge in [0.1, 0.15) is 0 Å². The summed E-state index contributed by atoms with van der Waals surface area (Å²) in [6, 6.07) is 6.26. The van der Waals surface area contributed by atoms with Gasteiger partial charge in [-0.2, -0.15) is 0 Å². The fraction of sp³-hybridized carbons (Fsp3) is 0.400. The first kappa shape index (κ1) is 8.11. The summed E-state index contributed by atoms with van der Waals surface area (Å²) >= 11 is 3.39. The standard InChI is InChI=1S/C10H12BrN/c11-9-4-3-8(6-10(9)12)5-7-1-2-7/h3-4,6-7H,1-2,5,12H2. The summed E-state index contributed by atoms with van der Waals surface area (Å²) in [5, 5.41) is 0. The Morgan fingerprint density at radius 2 is 2.17 bits per heavy atom. The number of hydrogen-bond acceptors (Lipinski definition) is 1. The molecule has 1 aliphatic rings. The molecule has 0 amide bonds. The molecule has 1 nitrogen and oxygen atoms in total. The molecule has 0 unspecified atom stereocenters. The number of anilines is 1. The molecule has 1 fully saturated rings. The van der Waals surface area contributed by atoms with Crippen molar-refractivity contribution >= 4 is 21.6 Å². The summed E-state index contributed by atoms with van der Waals surface area (Å²) < 4.78 is 1.00. The second-order valence-electron chi connectivity index (χ2n) is 3.50. The normalized spacial score (nSPS) is 16.4. The summed E-state index contributed by atoms with van der Waals surface area (Å²) in [5.41, 5.74) is 8.00. The molecular formula is C10H12BrN. The highest BCUT2D eigenvalue weighted by atomic mass is 79.9. The molecule has 1 aromatic rings. The van der Waals surface area contributed by atoms with Crippen molar-refractivity contribution in [2.24, 2.45) is 5.92 Å². The third kappa shape index (κ3) is 1.81. The van der Waals surface area contributed by atoms with Crippen LogP contribution in [0.15, 0.2) is 22.7 Å². The molecule has 0 aromatic heterocycles. The third-order valence-corrected chi connectivity index (χ3v) is 3.00. The highest BCUT2D eigenvalue weighted by Crippen LogP contribution is 2.33. The maximum Gasteiger partial charge on any atom is 0.0461 e. The Morgan fingerprint density at radius 1 is 1.42 bits per heavy atom. The lowest BCUT2D eigenvalue weighted by atomic mass is 10.1. The molecule has 2 rings (SSSR count). The lowest BCUT2D eigenvalue weighted by molar-refractivity contribution is 0.833. The zero-order valence-electron chi connectivity index (χ0n) is 6.89. The monoisotopic (exact) mass is 225 g/mol. The summed E-state index contributed by atoms with van der Waals surface area (Å²) in [5.74, 6) is 0.936. The van der Waals surface area contributed by atoms with Crippen LogP contribution in [0, 0.1) is 5.92 Å². The molecule has 12 heavy (non-hydrogen) atoms. The third-order valence-electron chi connectivity index (χ3n) is 2.28. The van der Waals surface area contributed by atoms with Gasteiger partial charge in [-0.3, -0.25) is 0 Å². The Labute approximate surface area is 81.1 Å². The van der Waals surface area contributed by atoms with E-state index in [0.717, 1.165) is 16.1 Å². The van der Waals surface area contributed by atoms with Gasteiger partial charge in [0, 0.05) is 10.2 Å². The molecule has 0 saturated heterocycles. The van der Waals surface area contributed by atoms with Crippen molar-refractivity contribution in [3.8, 4) is 0 Å². The van der Waals surface area contributed by atoms with Crippen LogP contribution in [-0.4, -0.2) is 0 Å². The molecule has 0 heterocycles. The predicted molar refractivity (Wildman–Crippen MR) is 55.0 cm³/mol. The molecule has 64 valence electrons. The Kier molecular flexibility index (Phi) is 2.09. The predicted octanol–water partition coefficient (Wildman–Crippen LogP) is 2.98. The van der Waals surface area contributed by atoms with Crippen LogP contribution in [0.25, 0.3) is 0 Å². The SMILES string of the molecule is Nc1cc(CC2CC2)ccc1Br. The minimum Gasteiger partial charge on any atom is -0.398 e. The van der Waals surface area contributed by atoms with E-state index in [1.165, 1.54) is 24.8 Å². The summed E-state index contributed by atoms with van der Waals surface area (Å²) in [6.45, 7) is 0. The molecule has 1 aliphatic carbocycles. The van der Waals surface area contributed by atoms with Gasteiger partial charge < -0.3 is 5.73 Å². The topological polar surface area (TPSA) is 26.0 Å². The molecular weight excluding hydrogens is 214 g/mol. The van der Waals surface area contributed by atoms with Crippen LogP contribution >= 0.6 is 15.9 Å². The largest absolute Gasteiger partial charge is 0.398 e. The first-order chi connectivity index (χ1) is 5.75. The van der Waals surface area contributed by atoms with E-state index < -0.39 is 0 Å². The highest BCUT2D eigenvalue weighted by molar-refractivity contribution is 9.10. The van der Waals surface area contributed by atoms with Crippen LogP contribution in [0.1, 0.15) is 18.4 Å². The van der Waals surface area contributed by atoms with Crippen molar-refractivity contribution in [2.75, 3.05) is 5.73 Å². The van der Waals surface area contributed by atoms with Gasteiger partial charge in [-0.1, -0.05) is 6.07 Å². The Morgan fingerprint density at radius 3 is 2.75 bits per heavy atom. The van der Waals surface area contributed by atoms with Crippen molar-refractivity contribution < 1.29 is 0 Å². The van der Waals surface area contributed by atoms with Crippen LogP contribution < -0.4 is 5.73 Å². The number of hydrogen-bond donors (Lipinski definition) is 1. The van der Waals surface area contributed by atoms with Gasteiger partial charge >= 0.3 is 0 Å². The molecule has 1 aromatic carbocycles. The number of benzene rings is 1. The first-order valence-electron chi connectivity index (χ1n) is 4.29. The van der Waals surface area contributed by atoms with Crippen LogP contribution in [-0.2, 0) is 6.42 Å². The van der Waals surface area contributed by atoms with E-state index in [0.29, 0.717) is 0 Å². The van der Waals surface area contributed by atoms with E-state index in [9.17, 15) is 0 Å². The second kappa shape index (κ2) is 3.09. The van der Waals surface area contributed by atoms with Crippen LogP contribution in [0.5, 0.6) is 0 Å². The molecule has 0 aliphatic heterocycles. The van der Waals surface area contributed by atoms with Gasteiger partial charge in [0.05, 0.1) is 0 Å². The highest BCUT2D eigenvalue weighted by Gasteiger charge is 2.21. The van der Waals surface area contributed by atoms with Crippen LogP contribution in [0.4, 0.5) is 5.69 Å². The maximum absolute atomic E-state index is 5.77. The molecule has 2 N–H and O–H groups in total. The summed E-state index contributed by atoms with van der Waals surface area (Å²) in [4.78, 5) is 0. The van der Waals surface area contributed by atoms with Gasteiger partial charge in [-0.15, -0.1) is 0 Å². The first-order valence-corrected chi connectivity index (χ1v) is 5.09. The van der Waals surface area contributed by atoms with Crippen molar-refractivity contribution in [1.82, 2.24) is 0 Å². The van der Waals surface area contributed by atoms with E-state index in [-0.39, 0.29) is 0 Å². The maximum atomic E-state index is 5.77. The lowest BCUT2D eigenvalue weighted by Gasteiger charge is -2.02. The van der Waals surface area contributed by atoms with Gasteiger partial charge in [-0.05, 0) is 58.8 Å².